The molecule has 1 atom stereocenters. The predicted octanol–water partition coefficient (Wildman–Crippen LogP) is 2.90. The number of nitrogens with zero attached hydrogens (tertiary/aromatic N) is 1. The third-order valence-corrected chi connectivity index (χ3v) is 4.47. The van der Waals surface area contributed by atoms with Gasteiger partial charge in [0.1, 0.15) is 11.8 Å². The molecule has 0 unspecified atom stereocenters. The Hall–Kier alpha value is -2.57. The van der Waals surface area contributed by atoms with E-state index in [0.717, 1.165) is 5.56 Å². The van der Waals surface area contributed by atoms with Gasteiger partial charge in [-0.1, -0.05) is 54.1 Å². The molecule has 7 heteroatoms. The highest BCUT2D eigenvalue weighted by Crippen LogP contribution is 2.23. The molecule has 28 heavy (non-hydrogen) atoms. The Morgan fingerprint density at radius 2 is 1.79 bits per heavy atom. The second kappa shape index (κ2) is 11.3. The lowest BCUT2D eigenvalue weighted by atomic mass is 10.1. The van der Waals surface area contributed by atoms with Gasteiger partial charge in [0, 0.05) is 20.2 Å². The molecule has 0 radical (unpaired) electrons. The number of halogens is 1. The topological polar surface area (TPSA) is 67.9 Å². The van der Waals surface area contributed by atoms with Crippen LogP contribution in [-0.4, -0.2) is 49.6 Å². The van der Waals surface area contributed by atoms with E-state index in [1.807, 2.05) is 30.3 Å². The number of ether oxygens (including phenoxy) is 2. The van der Waals surface area contributed by atoms with Gasteiger partial charge in [0.2, 0.25) is 5.91 Å². The summed E-state index contributed by atoms with van der Waals surface area (Å²) in [5, 5.41) is 3.19. The van der Waals surface area contributed by atoms with Crippen LogP contribution in [-0.2, 0) is 20.9 Å². The van der Waals surface area contributed by atoms with Gasteiger partial charge < -0.3 is 19.7 Å². The van der Waals surface area contributed by atoms with Crippen molar-refractivity contribution < 1.29 is 19.1 Å². The third kappa shape index (κ3) is 6.55. The van der Waals surface area contributed by atoms with Crippen LogP contribution in [0.3, 0.4) is 0 Å². The van der Waals surface area contributed by atoms with E-state index >= 15 is 0 Å². The van der Waals surface area contributed by atoms with Gasteiger partial charge in [-0.25, -0.2) is 0 Å². The van der Waals surface area contributed by atoms with Crippen molar-refractivity contribution in [1.82, 2.24) is 10.2 Å². The van der Waals surface area contributed by atoms with Gasteiger partial charge in [-0.2, -0.15) is 0 Å². The lowest BCUT2D eigenvalue weighted by Gasteiger charge is -2.28. The molecule has 2 aromatic carbocycles. The summed E-state index contributed by atoms with van der Waals surface area (Å²) >= 11 is 6.08. The first-order valence-electron chi connectivity index (χ1n) is 9.00. The summed E-state index contributed by atoms with van der Waals surface area (Å²) in [6.07, 6.45) is 0. The van der Waals surface area contributed by atoms with Crippen LogP contribution in [0.4, 0.5) is 0 Å². The molecule has 1 N–H and O–H groups in total. The Morgan fingerprint density at radius 3 is 2.46 bits per heavy atom. The minimum absolute atomic E-state index is 0.216. The number of rotatable bonds is 10. The third-order valence-electron chi connectivity index (χ3n) is 4.16. The molecule has 0 aliphatic carbocycles. The number of methoxy groups -OCH3 is 1. The fraction of sp³-hybridized carbons (Fsp3) is 0.333. The van der Waals surface area contributed by atoms with Gasteiger partial charge in [-0.15, -0.1) is 0 Å². The second-order valence-corrected chi connectivity index (χ2v) is 6.59. The van der Waals surface area contributed by atoms with Gasteiger partial charge in [0.15, 0.2) is 6.61 Å². The Morgan fingerprint density at radius 1 is 1.11 bits per heavy atom. The SMILES string of the molecule is COCCNC(=O)[C@H](C)N(Cc1ccccc1)C(=O)COc1ccccc1Cl. The van der Waals surface area contributed by atoms with E-state index in [-0.39, 0.29) is 18.4 Å². The first-order valence-corrected chi connectivity index (χ1v) is 9.38. The fourth-order valence-electron chi connectivity index (χ4n) is 2.57. The minimum Gasteiger partial charge on any atom is -0.482 e. The highest BCUT2D eigenvalue weighted by Gasteiger charge is 2.26. The van der Waals surface area contributed by atoms with E-state index in [1.165, 1.54) is 4.90 Å². The maximum atomic E-state index is 12.9. The average Bonchev–Trinajstić information content (AvgIpc) is 2.71. The average molecular weight is 405 g/mol. The standard InChI is InChI=1S/C21H25ClN2O4/c1-16(21(26)23-12-13-27-2)24(14-17-8-4-3-5-9-17)20(25)15-28-19-11-7-6-10-18(19)22/h3-11,16H,12-15H2,1-2H3,(H,23,26)/t16-/m0/s1. The first-order chi connectivity index (χ1) is 13.5. The molecule has 0 aliphatic heterocycles. The number of carbonyl (C=O) groups is 2. The van der Waals surface area contributed by atoms with Gasteiger partial charge in [0.05, 0.1) is 11.6 Å². The zero-order valence-corrected chi connectivity index (χ0v) is 16.8. The van der Waals surface area contributed by atoms with Crippen LogP contribution in [0.1, 0.15) is 12.5 Å². The van der Waals surface area contributed by atoms with Crippen molar-refractivity contribution in [3.63, 3.8) is 0 Å². The zero-order chi connectivity index (χ0) is 20.4. The maximum absolute atomic E-state index is 12.9. The van der Waals surface area contributed by atoms with Crippen LogP contribution in [0.25, 0.3) is 0 Å². The molecule has 2 amide bonds. The highest BCUT2D eigenvalue weighted by atomic mass is 35.5. The lowest BCUT2D eigenvalue weighted by Crippen LogP contribution is -2.49. The quantitative estimate of drug-likeness (QED) is 0.618. The molecule has 0 saturated heterocycles. The first kappa shape index (κ1) is 21.7. The van der Waals surface area contributed by atoms with Crippen molar-refractivity contribution >= 4 is 23.4 Å². The number of hydrogen-bond donors (Lipinski definition) is 1. The van der Waals surface area contributed by atoms with Crippen molar-refractivity contribution in [2.45, 2.75) is 19.5 Å². The lowest BCUT2D eigenvalue weighted by molar-refractivity contribution is -0.142. The minimum atomic E-state index is -0.667. The Balaban J connectivity index is 2.08. The molecule has 2 aromatic rings. The molecular weight excluding hydrogens is 380 g/mol. The summed E-state index contributed by atoms with van der Waals surface area (Å²) in [6.45, 7) is 2.55. The van der Waals surface area contributed by atoms with Crippen LogP contribution in [0.2, 0.25) is 5.02 Å². The van der Waals surface area contributed by atoms with E-state index in [4.69, 9.17) is 21.1 Å². The van der Waals surface area contributed by atoms with Gasteiger partial charge in [0.25, 0.3) is 5.91 Å². The number of benzene rings is 2. The normalized spacial score (nSPS) is 11.5. The van der Waals surface area contributed by atoms with Crippen LogP contribution in [0.15, 0.2) is 54.6 Å². The summed E-state index contributed by atoms with van der Waals surface area (Å²) in [5.41, 5.74) is 0.921. The molecule has 0 aliphatic rings. The summed E-state index contributed by atoms with van der Waals surface area (Å²) in [6, 6.07) is 15.8. The summed E-state index contributed by atoms with van der Waals surface area (Å²) in [4.78, 5) is 26.8. The Kier molecular flexibility index (Phi) is 8.78. The number of hydrogen-bond acceptors (Lipinski definition) is 4. The molecule has 0 bridgehead atoms. The van der Waals surface area contributed by atoms with Gasteiger partial charge >= 0.3 is 0 Å². The van der Waals surface area contributed by atoms with Crippen molar-refractivity contribution in [1.29, 1.82) is 0 Å². The molecule has 6 nitrogen and oxygen atoms in total. The summed E-state index contributed by atoms with van der Waals surface area (Å²) < 4.78 is 10.5. The molecule has 0 spiro atoms. The Bertz CT molecular complexity index is 770. The van der Waals surface area contributed by atoms with Crippen molar-refractivity contribution in [2.75, 3.05) is 26.9 Å². The van der Waals surface area contributed by atoms with E-state index < -0.39 is 6.04 Å². The monoisotopic (exact) mass is 404 g/mol. The maximum Gasteiger partial charge on any atom is 0.261 e. The molecule has 0 saturated carbocycles. The molecular formula is C21H25ClN2O4. The van der Waals surface area contributed by atoms with E-state index in [1.54, 1.807) is 38.3 Å². The zero-order valence-electron chi connectivity index (χ0n) is 16.1. The summed E-state index contributed by atoms with van der Waals surface area (Å²) in [5.74, 6) is -0.133. The van der Waals surface area contributed by atoms with Gasteiger partial charge in [-0.05, 0) is 24.6 Å². The number of carbonyl (C=O) groups excluding carboxylic acids is 2. The highest BCUT2D eigenvalue weighted by molar-refractivity contribution is 6.32. The largest absolute Gasteiger partial charge is 0.482 e. The smallest absolute Gasteiger partial charge is 0.261 e. The Labute approximate surface area is 170 Å². The summed E-state index contributed by atoms with van der Waals surface area (Å²) in [7, 11) is 1.56. The van der Waals surface area contributed by atoms with Crippen LogP contribution in [0, 0.1) is 0 Å². The molecule has 0 heterocycles. The fourth-order valence-corrected chi connectivity index (χ4v) is 2.76. The van der Waals surface area contributed by atoms with Gasteiger partial charge in [-0.3, -0.25) is 9.59 Å². The van der Waals surface area contributed by atoms with E-state index in [0.29, 0.717) is 30.5 Å². The van der Waals surface area contributed by atoms with Crippen molar-refractivity contribution in [2.24, 2.45) is 0 Å². The number of nitrogens with one attached hydrogen (secondary N) is 1. The van der Waals surface area contributed by atoms with Crippen molar-refractivity contribution in [3.05, 3.63) is 65.2 Å². The van der Waals surface area contributed by atoms with Crippen LogP contribution in [0.5, 0.6) is 5.75 Å². The predicted molar refractivity (Wildman–Crippen MR) is 108 cm³/mol. The van der Waals surface area contributed by atoms with Crippen LogP contribution >= 0.6 is 11.6 Å². The van der Waals surface area contributed by atoms with E-state index in [9.17, 15) is 9.59 Å². The van der Waals surface area contributed by atoms with Crippen molar-refractivity contribution in [3.8, 4) is 5.75 Å². The number of amides is 2. The molecule has 0 fully saturated rings. The molecule has 0 aromatic heterocycles. The van der Waals surface area contributed by atoms with E-state index in [2.05, 4.69) is 5.32 Å². The second-order valence-electron chi connectivity index (χ2n) is 6.19. The molecule has 150 valence electrons. The molecule has 2 rings (SSSR count). The van der Waals surface area contributed by atoms with Crippen LogP contribution < -0.4 is 10.1 Å². The number of para-hydroxylation sites is 1.